The second-order valence-electron chi connectivity index (χ2n) is 4.42. The molecule has 1 saturated heterocycles. The van der Waals surface area contributed by atoms with Crippen molar-refractivity contribution in [3.05, 3.63) is 24.2 Å². The highest BCUT2D eigenvalue weighted by molar-refractivity contribution is 5.91. The molecule has 1 fully saturated rings. The third-order valence-corrected chi connectivity index (χ3v) is 2.93. The minimum atomic E-state index is -0.308. The van der Waals surface area contributed by atoms with Gasteiger partial charge in [-0.05, 0) is 25.0 Å². The Morgan fingerprint density at radius 1 is 1.37 bits per heavy atom. The Morgan fingerprint density at radius 3 is 2.95 bits per heavy atom. The van der Waals surface area contributed by atoms with Crippen LogP contribution in [0.25, 0.3) is 0 Å². The first-order valence-electron chi connectivity index (χ1n) is 6.45. The van der Waals surface area contributed by atoms with Gasteiger partial charge in [0.25, 0.3) is 5.91 Å². The van der Waals surface area contributed by atoms with E-state index in [0.717, 1.165) is 19.4 Å². The number of carbonyl (C=O) groups excluding carboxylic acids is 2. The molecule has 2 amide bonds. The van der Waals surface area contributed by atoms with E-state index >= 15 is 0 Å². The predicted octanol–water partition coefficient (Wildman–Crippen LogP) is 0.695. The van der Waals surface area contributed by atoms with E-state index in [1.54, 1.807) is 12.1 Å². The number of carbonyl (C=O) groups is 2. The smallest absolute Gasteiger partial charge is 0.286 e. The van der Waals surface area contributed by atoms with E-state index in [-0.39, 0.29) is 36.6 Å². The Hall–Kier alpha value is -1.82. The number of hydrogen-bond donors (Lipinski definition) is 2. The topological polar surface area (TPSA) is 80.6 Å². The zero-order chi connectivity index (χ0) is 13.5. The van der Waals surface area contributed by atoms with Gasteiger partial charge in [0.2, 0.25) is 5.91 Å². The quantitative estimate of drug-likeness (QED) is 0.794. The summed E-state index contributed by atoms with van der Waals surface area (Å²) >= 11 is 0. The summed E-state index contributed by atoms with van der Waals surface area (Å²) in [5.41, 5.74) is 0. The zero-order valence-electron chi connectivity index (χ0n) is 10.7. The molecule has 1 aromatic heterocycles. The fourth-order valence-corrected chi connectivity index (χ4v) is 1.91. The number of nitrogens with one attached hydrogen (secondary N) is 2. The number of amides is 2. The summed E-state index contributed by atoms with van der Waals surface area (Å²) in [6.07, 6.45) is 3.87. The molecule has 19 heavy (non-hydrogen) atoms. The van der Waals surface area contributed by atoms with Crippen LogP contribution in [0.5, 0.6) is 0 Å². The predicted molar refractivity (Wildman–Crippen MR) is 67.6 cm³/mol. The highest BCUT2D eigenvalue weighted by Gasteiger charge is 2.16. The summed E-state index contributed by atoms with van der Waals surface area (Å²) in [5.74, 6) is -0.146. The number of rotatable bonds is 6. The Morgan fingerprint density at radius 2 is 2.26 bits per heavy atom. The van der Waals surface area contributed by atoms with E-state index in [1.165, 1.54) is 6.26 Å². The minimum absolute atomic E-state index is 0.0877. The molecule has 2 rings (SSSR count). The molecular weight excluding hydrogens is 248 g/mol. The Kier molecular flexibility index (Phi) is 4.97. The molecule has 0 aliphatic carbocycles. The van der Waals surface area contributed by atoms with Crippen molar-refractivity contribution < 1.29 is 18.7 Å². The number of hydrogen-bond acceptors (Lipinski definition) is 4. The first-order chi connectivity index (χ1) is 9.25. The highest BCUT2D eigenvalue weighted by Crippen LogP contribution is 2.10. The van der Waals surface area contributed by atoms with Crippen LogP contribution in [0.1, 0.15) is 29.8 Å². The van der Waals surface area contributed by atoms with Crippen LogP contribution in [-0.2, 0) is 9.53 Å². The molecule has 2 heterocycles. The van der Waals surface area contributed by atoms with Crippen molar-refractivity contribution in [1.82, 2.24) is 10.6 Å². The van der Waals surface area contributed by atoms with E-state index < -0.39 is 0 Å². The lowest BCUT2D eigenvalue weighted by Crippen LogP contribution is -2.34. The molecule has 0 saturated carbocycles. The fourth-order valence-electron chi connectivity index (χ4n) is 1.91. The average molecular weight is 266 g/mol. The first-order valence-corrected chi connectivity index (χ1v) is 6.45. The monoisotopic (exact) mass is 266 g/mol. The van der Waals surface area contributed by atoms with E-state index in [1.807, 2.05) is 0 Å². The molecule has 6 nitrogen and oxygen atoms in total. The van der Waals surface area contributed by atoms with E-state index in [4.69, 9.17) is 9.15 Å². The summed E-state index contributed by atoms with van der Waals surface area (Å²) in [6.45, 7) is 1.61. The van der Waals surface area contributed by atoms with Crippen molar-refractivity contribution in [3.63, 3.8) is 0 Å². The van der Waals surface area contributed by atoms with Gasteiger partial charge in [-0.25, -0.2) is 0 Å². The highest BCUT2D eigenvalue weighted by atomic mass is 16.5. The second-order valence-corrected chi connectivity index (χ2v) is 4.42. The van der Waals surface area contributed by atoms with Crippen LogP contribution < -0.4 is 10.6 Å². The van der Waals surface area contributed by atoms with Crippen LogP contribution in [0.4, 0.5) is 0 Å². The molecule has 0 spiro atoms. The van der Waals surface area contributed by atoms with Crippen LogP contribution in [-0.4, -0.2) is 37.6 Å². The first kappa shape index (κ1) is 13.6. The zero-order valence-corrected chi connectivity index (χ0v) is 10.7. The van der Waals surface area contributed by atoms with Crippen molar-refractivity contribution >= 4 is 11.8 Å². The normalized spacial score (nSPS) is 18.2. The largest absolute Gasteiger partial charge is 0.459 e. The summed E-state index contributed by atoms with van der Waals surface area (Å²) in [7, 11) is 0. The summed E-state index contributed by atoms with van der Waals surface area (Å²) in [5, 5.41) is 5.41. The minimum Gasteiger partial charge on any atom is -0.459 e. The van der Waals surface area contributed by atoms with Gasteiger partial charge in [0.05, 0.1) is 12.4 Å². The van der Waals surface area contributed by atoms with Gasteiger partial charge in [0.15, 0.2) is 5.76 Å². The summed E-state index contributed by atoms with van der Waals surface area (Å²) in [4.78, 5) is 23.0. The lowest BCUT2D eigenvalue weighted by Gasteiger charge is -2.10. The van der Waals surface area contributed by atoms with Crippen LogP contribution in [0.15, 0.2) is 22.8 Å². The van der Waals surface area contributed by atoms with Crippen LogP contribution in [0.3, 0.4) is 0 Å². The SMILES string of the molecule is O=C(CCNC(=O)c1ccco1)NC[C@H]1CCCO1. The fraction of sp³-hybridized carbons (Fsp3) is 0.538. The van der Waals surface area contributed by atoms with Crippen LogP contribution >= 0.6 is 0 Å². The maximum absolute atomic E-state index is 11.5. The van der Waals surface area contributed by atoms with E-state index in [2.05, 4.69) is 10.6 Å². The van der Waals surface area contributed by atoms with E-state index in [9.17, 15) is 9.59 Å². The second kappa shape index (κ2) is 6.94. The molecular formula is C13H18N2O4. The van der Waals surface area contributed by atoms with Crippen molar-refractivity contribution in [3.8, 4) is 0 Å². The molecule has 0 unspecified atom stereocenters. The van der Waals surface area contributed by atoms with Gasteiger partial charge in [-0.3, -0.25) is 9.59 Å². The Labute approximate surface area is 111 Å². The van der Waals surface area contributed by atoms with Gasteiger partial charge in [0.1, 0.15) is 0 Å². The maximum atomic E-state index is 11.5. The maximum Gasteiger partial charge on any atom is 0.286 e. The third-order valence-electron chi connectivity index (χ3n) is 2.93. The van der Waals surface area contributed by atoms with Crippen molar-refractivity contribution in [2.24, 2.45) is 0 Å². The van der Waals surface area contributed by atoms with Crippen molar-refractivity contribution in [1.29, 1.82) is 0 Å². The van der Waals surface area contributed by atoms with Gasteiger partial charge in [-0.15, -0.1) is 0 Å². The molecule has 0 bridgehead atoms. The Bertz CT molecular complexity index is 410. The van der Waals surface area contributed by atoms with Gasteiger partial charge < -0.3 is 19.8 Å². The molecule has 104 valence electrons. The lowest BCUT2D eigenvalue weighted by atomic mass is 10.2. The molecule has 1 aliphatic heterocycles. The number of ether oxygens (including phenoxy) is 1. The van der Waals surface area contributed by atoms with Crippen molar-refractivity contribution in [2.45, 2.75) is 25.4 Å². The third kappa shape index (κ3) is 4.40. The molecule has 1 atom stereocenters. The molecule has 6 heteroatoms. The average Bonchev–Trinajstić information content (AvgIpc) is 3.09. The standard InChI is InChI=1S/C13H18N2O4/c16-12(15-9-10-3-1-7-18-10)5-6-14-13(17)11-4-2-8-19-11/h2,4,8,10H,1,3,5-7,9H2,(H,14,17)(H,15,16)/t10-/m1/s1. The summed E-state index contributed by atoms with van der Waals surface area (Å²) in [6, 6.07) is 3.22. The molecule has 1 aliphatic rings. The Balaban J connectivity index is 1.57. The molecule has 2 N–H and O–H groups in total. The van der Waals surface area contributed by atoms with Gasteiger partial charge >= 0.3 is 0 Å². The molecule has 1 aromatic rings. The molecule has 0 radical (unpaired) electrons. The molecule has 0 aromatic carbocycles. The van der Waals surface area contributed by atoms with Crippen molar-refractivity contribution in [2.75, 3.05) is 19.7 Å². The van der Waals surface area contributed by atoms with Crippen LogP contribution in [0, 0.1) is 0 Å². The van der Waals surface area contributed by atoms with Gasteiger partial charge in [-0.1, -0.05) is 0 Å². The van der Waals surface area contributed by atoms with Gasteiger partial charge in [-0.2, -0.15) is 0 Å². The summed E-state index contributed by atoms with van der Waals surface area (Å²) < 4.78 is 10.3. The lowest BCUT2D eigenvalue weighted by molar-refractivity contribution is -0.121. The van der Waals surface area contributed by atoms with Gasteiger partial charge in [0, 0.05) is 26.1 Å². The van der Waals surface area contributed by atoms with E-state index in [0.29, 0.717) is 6.54 Å². The van der Waals surface area contributed by atoms with Crippen LogP contribution in [0.2, 0.25) is 0 Å². The number of furan rings is 1.